The Morgan fingerprint density at radius 2 is 1.50 bits per heavy atom. The Morgan fingerprint density at radius 3 is 2.00 bits per heavy atom. The number of nitrogens with zero attached hydrogens (tertiary/aromatic N) is 6. The van der Waals surface area contributed by atoms with Crippen LogP contribution in [0.15, 0.2) is 70.9 Å². The van der Waals surface area contributed by atoms with Crippen LogP contribution in [0.25, 0.3) is 0 Å². The molecule has 0 amide bonds. The van der Waals surface area contributed by atoms with E-state index in [1.54, 1.807) is 24.3 Å². The molecule has 0 spiro atoms. The van der Waals surface area contributed by atoms with Crippen LogP contribution >= 0.6 is 0 Å². The van der Waals surface area contributed by atoms with Crippen molar-refractivity contribution in [1.29, 1.82) is 5.26 Å². The topological polar surface area (TPSA) is 93.5 Å². The Kier molecular flexibility index (Phi) is 11.3. The van der Waals surface area contributed by atoms with Gasteiger partial charge in [0.25, 0.3) is 0 Å². The van der Waals surface area contributed by atoms with E-state index in [4.69, 9.17) is 15.7 Å². The molecule has 1 aliphatic heterocycles. The van der Waals surface area contributed by atoms with Crippen molar-refractivity contribution in [3.63, 3.8) is 0 Å². The van der Waals surface area contributed by atoms with Crippen molar-refractivity contribution in [2.24, 2.45) is 15.9 Å². The first-order chi connectivity index (χ1) is 23.3. The average molecular weight is 714 g/mol. The van der Waals surface area contributed by atoms with E-state index in [0.29, 0.717) is 48.5 Å². The van der Waals surface area contributed by atoms with Gasteiger partial charge in [-0.2, -0.15) is 55.0 Å². The Morgan fingerprint density at radius 1 is 0.920 bits per heavy atom. The van der Waals surface area contributed by atoms with Gasteiger partial charge in [0.15, 0.2) is 0 Å². The molecule has 1 atom stereocenters. The molecule has 2 N–H and O–H groups in total. The Labute approximate surface area is 281 Å². The normalized spacial score (nSPS) is 15.2. The van der Waals surface area contributed by atoms with Gasteiger partial charge in [0.2, 0.25) is 5.96 Å². The number of likely N-dealkylation sites (tertiary alicyclic amines) is 1. The second-order valence-electron chi connectivity index (χ2n) is 11.5. The van der Waals surface area contributed by atoms with E-state index in [-0.39, 0.29) is 17.7 Å². The molecule has 50 heavy (non-hydrogen) atoms. The average Bonchev–Trinajstić information content (AvgIpc) is 3.02. The molecular formula is C33H32F9N7O. The SMILES string of the molecule is C=NN(C)/N=C(\N)N(Cc1cc(C(F)(F)F)cc(C(F)(F)F)c1)Cc1cc(C(F)(F)F)ccc1C(CC)N1CC(Oc2ccc(C#N)cc2)C1. The molecule has 1 unspecified atom stereocenters. The van der Waals surface area contributed by atoms with Crippen LogP contribution in [0.2, 0.25) is 0 Å². The molecule has 0 aliphatic carbocycles. The predicted molar refractivity (Wildman–Crippen MR) is 166 cm³/mol. The number of hydrogen-bond acceptors (Lipinski definition) is 6. The maximum atomic E-state index is 14.0. The largest absolute Gasteiger partial charge is 0.488 e. The second kappa shape index (κ2) is 14.9. The van der Waals surface area contributed by atoms with Crippen molar-refractivity contribution in [3.8, 4) is 11.8 Å². The van der Waals surface area contributed by atoms with Crippen LogP contribution in [-0.2, 0) is 31.6 Å². The van der Waals surface area contributed by atoms with Gasteiger partial charge < -0.3 is 15.4 Å². The molecule has 0 saturated carbocycles. The molecule has 1 heterocycles. The number of nitrogens with two attached hydrogens (primary N) is 1. The summed E-state index contributed by atoms with van der Waals surface area (Å²) in [7, 11) is 1.30. The lowest BCUT2D eigenvalue weighted by Crippen LogP contribution is -2.55. The Hall–Kier alpha value is -4.98. The summed E-state index contributed by atoms with van der Waals surface area (Å²) in [5, 5.41) is 17.3. The third-order valence-electron chi connectivity index (χ3n) is 7.98. The summed E-state index contributed by atoms with van der Waals surface area (Å²) in [6, 6.07) is 12.2. The number of halogens is 9. The highest BCUT2D eigenvalue weighted by atomic mass is 19.4. The number of rotatable bonds is 11. The van der Waals surface area contributed by atoms with Gasteiger partial charge >= 0.3 is 18.5 Å². The third-order valence-corrected chi connectivity index (χ3v) is 7.98. The van der Waals surface area contributed by atoms with E-state index in [1.807, 2.05) is 17.9 Å². The van der Waals surface area contributed by atoms with Crippen molar-refractivity contribution in [2.45, 2.75) is 57.1 Å². The van der Waals surface area contributed by atoms with Gasteiger partial charge in [-0.3, -0.25) is 4.90 Å². The second-order valence-corrected chi connectivity index (χ2v) is 11.5. The molecule has 0 aromatic heterocycles. The first-order valence-corrected chi connectivity index (χ1v) is 15.0. The molecule has 1 saturated heterocycles. The van der Waals surface area contributed by atoms with Crippen LogP contribution in [0.5, 0.6) is 5.75 Å². The molecule has 4 rings (SSSR count). The van der Waals surface area contributed by atoms with E-state index in [2.05, 4.69) is 16.9 Å². The van der Waals surface area contributed by atoms with Crippen molar-refractivity contribution in [1.82, 2.24) is 14.9 Å². The minimum atomic E-state index is -5.13. The van der Waals surface area contributed by atoms with Gasteiger partial charge in [0, 0.05) is 46.0 Å². The highest BCUT2D eigenvalue weighted by molar-refractivity contribution is 5.78. The van der Waals surface area contributed by atoms with Gasteiger partial charge in [-0.1, -0.05) is 13.0 Å². The maximum Gasteiger partial charge on any atom is 0.416 e. The predicted octanol–water partition coefficient (Wildman–Crippen LogP) is 7.61. The van der Waals surface area contributed by atoms with E-state index < -0.39 is 65.9 Å². The van der Waals surface area contributed by atoms with Crippen LogP contribution in [0, 0.1) is 11.3 Å². The number of hydrazone groups is 2. The molecule has 3 aromatic rings. The van der Waals surface area contributed by atoms with Gasteiger partial charge in [-0.25, -0.2) is 0 Å². The van der Waals surface area contributed by atoms with Gasteiger partial charge in [-0.15, -0.1) is 5.10 Å². The Balaban J connectivity index is 1.71. The van der Waals surface area contributed by atoms with Crippen molar-refractivity contribution < 1.29 is 44.3 Å². The molecular weight excluding hydrogens is 681 g/mol. The fraction of sp³-hybridized carbons (Fsp3) is 0.364. The zero-order valence-electron chi connectivity index (χ0n) is 26.7. The van der Waals surface area contributed by atoms with Crippen molar-refractivity contribution in [2.75, 3.05) is 20.1 Å². The molecule has 1 fully saturated rings. The first-order valence-electron chi connectivity index (χ1n) is 15.0. The van der Waals surface area contributed by atoms with E-state index in [1.165, 1.54) is 13.1 Å². The van der Waals surface area contributed by atoms with Crippen LogP contribution in [0.1, 0.15) is 58.3 Å². The number of guanidine groups is 1. The molecule has 0 bridgehead atoms. The number of ether oxygens (including phenoxy) is 1. The fourth-order valence-electron chi connectivity index (χ4n) is 5.52. The zero-order valence-corrected chi connectivity index (χ0v) is 26.7. The molecule has 3 aromatic carbocycles. The third kappa shape index (κ3) is 9.37. The summed E-state index contributed by atoms with van der Waals surface area (Å²) in [6.45, 7) is 4.71. The summed E-state index contributed by atoms with van der Waals surface area (Å²) in [5.41, 5.74) is 2.50. The monoisotopic (exact) mass is 713 g/mol. The minimum Gasteiger partial charge on any atom is -0.488 e. The van der Waals surface area contributed by atoms with Crippen LogP contribution in [0.4, 0.5) is 39.5 Å². The number of nitriles is 1. The molecule has 268 valence electrons. The van der Waals surface area contributed by atoms with E-state index in [0.717, 1.165) is 22.2 Å². The summed E-state index contributed by atoms with van der Waals surface area (Å²) >= 11 is 0. The quantitative estimate of drug-likeness (QED) is 0.0953. The first kappa shape index (κ1) is 37.8. The van der Waals surface area contributed by atoms with Gasteiger partial charge in [0.05, 0.1) is 28.3 Å². The lowest BCUT2D eigenvalue weighted by atomic mass is 9.92. The lowest BCUT2D eigenvalue weighted by molar-refractivity contribution is -0.143. The number of alkyl halides is 9. The van der Waals surface area contributed by atoms with Crippen LogP contribution in [0.3, 0.4) is 0 Å². The highest BCUT2D eigenvalue weighted by Crippen LogP contribution is 2.39. The van der Waals surface area contributed by atoms with Gasteiger partial charge in [0.1, 0.15) is 11.9 Å². The smallest absolute Gasteiger partial charge is 0.416 e. The van der Waals surface area contributed by atoms with Gasteiger partial charge in [-0.05, 0) is 77.7 Å². The van der Waals surface area contributed by atoms with Crippen LogP contribution < -0.4 is 10.5 Å². The fourth-order valence-corrected chi connectivity index (χ4v) is 5.52. The minimum absolute atomic E-state index is 0.0250. The number of hydrogen-bond donors (Lipinski definition) is 1. The lowest BCUT2D eigenvalue weighted by Gasteiger charge is -2.44. The maximum absolute atomic E-state index is 14.0. The summed E-state index contributed by atoms with van der Waals surface area (Å²) in [5.74, 6) is 0.0756. The summed E-state index contributed by atoms with van der Waals surface area (Å²) in [4.78, 5) is 3.04. The van der Waals surface area contributed by atoms with Crippen LogP contribution in [-0.4, -0.2) is 53.8 Å². The molecule has 1 aliphatic rings. The molecule has 17 heteroatoms. The molecule has 8 nitrogen and oxygen atoms in total. The number of benzene rings is 3. The summed E-state index contributed by atoms with van der Waals surface area (Å²) in [6.07, 6.45) is -14.9. The van der Waals surface area contributed by atoms with E-state index >= 15 is 0 Å². The zero-order chi connectivity index (χ0) is 37.0. The van der Waals surface area contributed by atoms with Crippen molar-refractivity contribution in [3.05, 3.63) is 99.6 Å². The Bertz CT molecular complexity index is 1690. The standard InChI is InChI=1S/C33H32F9N7O/c1-4-29(48-18-27(19-48)50-26-8-5-20(15-43)6-9-26)28-10-7-23(31(34,35)36)13-22(28)17-49(30(44)46-47(3)45-2)16-21-11-24(32(37,38)39)14-25(12-21)33(40,41)42/h5-14,27,29H,2,4,16-19H2,1,3H3,(H2,44,46). The van der Waals surface area contributed by atoms with Crippen molar-refractivity contribution >= 4 is 12.7 Å². The molecule has 0 radical (unpaired) electrons. The highest BCUT2D eigenvalue weighted by Gasteiger charge is 2.39. The van der Waals surface area contributed by atoms with E-state index in [9.17, 15) is 39.5 Å². The summed E-state index contributed by atoms with van der Waals surface area (Å²) < 4.78 is 130.